The lowest BCUT2D eigenvalue weighted by Crippen LogP contribution is -1.93. The first kappa shape index (κ1) is 6.81. The van der Waals surface area contributed by atoms with Crippen molar-refractivity contribution in [3.8, 4) is 0 Å². The molecule has 0 rings (SSSR count). The summed E-state index contributed by atoms with van der Waals surface area (Å²) in [6.45, 7) is -0.0718. The quantitative estimate of drug-likeness (QED) is 0.425. The molecule has 0 aromatic carbocycles. The molecular formula is C3H8N2OS. The minimum absolute atomic E-state index is 0.0718. The fourth-order valence-electron chi connectivity index (χ4n) is 0.129. The number of aliphatic hydroxyl groups excluding tert-OH is 1. The molecule has 0 aliphatic heterocycles. The third-order valence-electron chi connectivity index (χ3n) is 0.493. The van der Waals surface area contributed by atoms with Crippen molar-refractivity contribution in [3.05, 3.63) is 11.1 Å². The average molecular weight is 120 g/mol. The minimum atomic E-state index is -0.0718. The number of rotatable bonds is 2. The fourth-order valence-corrected chi connectivity index (χ4v) is 0.282. The van der Waals surface area contributed by atoms with E-state index in [1.165, 1.54) is 6.20 Å². The highest BCUT2D eigenvalue weighted by molar-refractivity contribution is 8.00. The highest BCUT2D eigenvalue weighted by Gasteiger charge is 1.85. The first-order valence-corrected chi connectivity index (χ1v) is 2.61. The Morgan fingerprint density at radius 1 is 1.86 bits per heavy atom. The second-order valence-corrected chi connectivity index (χ2v) is 1.67. The van der Waals surface area contributed by atoms with Gasteiger partial charge in [-0.25, -0.2) is 0 Å². The van der Waals surface area contributed by atoms with Gasteiger partial charge in [0.2, 0.25) is 0 Å². The standard InChI is InChI=1S/C3H8N2OS/c4-1-3(2-6)7-5/h1,6H,2,4-5H2/b3-1-. The first-order valence-electron chi connectivity index (χ1n) is 1.73. The van der Waals surface area contributed by atoms with Crippen LogP contribution in [0.5, 0.6) is 0 Å². The van der Waals surface area contributed by atoms with E-state index < -0.39 is 0 Å². The van der Waals surface area contributed by atoms with Crippen LogP contribution in [0.25, 0.3) is 0 Å². The van der Waals surface area contributed by atoms with Crippen molar-refractivity contribution in [2.75, 3.05) is 6.61 Å². The number of hydrogen-bond donors (Lipinski definition) is 3. The fraction of sp³-hybridized carbons (Fsp3) is 0.333. The van der Waals surface area contributed by atoms with Gasteiger partial charge in [-0.3, -0.25) is 5.14 Å². The second kappa shape index (κ2) is 3.98. The average Bonchev–Trinajstić information content (AvgIpc) is 1.72. The van der Waals surface area contributed by atoms with Crippen molar-refractivity contribution >= 4 is 11.9 Å². The molecule has 0 amide bonds. The van der Waals surface area contributed by atoms with Gasteiger partial charge in [0.25, 0.3) is 0 Å². The Bertz CT molecular complexity index is 67.3. The minimum Gasteiger partial charge on any atom is -0.404 e. The molecular weight excluding hydrogens is 112 g/mol. The Kier molecular flexibility index (Phi) is 3.87. The molecule has 3 nitrogen and oxygen atoms in total. The lowest BCUT2D eigenvalue weighted by atomic mass is 10.6. The van der Waals surface area contributed by atoms with E-state index in [0.717, 1.165) is 11.9 Å². The molecule has 0 unspecified atom stereocenters. The van der Waals surface area contributed by atoms with E-state index in [2.05, 4.69) is 0 Å². The van der Waals surface area contributed by atoms with Gasteiger partial charge in [0, 0.05) is 11.1 Å². The molecule has 0 aromatic heterocycles. The molecule has 0 saturated heterocycles. The molecule has 42 valence electrons. The van der Waals surface area contributed by atoms with Crippen LogP contribution in [0.1, 0.15) is 0 Å². The largest absolute Gasteiger partial charge is 0.404 e. The van der Waals surface area contributed by atoms with Gasteiger partial charge in [0.15, 0.2) is 0 Å². The molecule has 0 aliphatic carbocycles. The van der Waals surface area contributed by atoms with Crippen LogP contribution in [0.4, 0.5) is 0 Å². The maximum Gasteiger partial charge on any atom is 0.0767 e. The molecule has 0 radical (unpaired) electrons. The van der Waals surface area contributed by atoms with E-state index in [0.29, 0.717) is 4.91 Å². The highest BCUT2D eigenvalue weighted by atomic mass is 32.2. The van der Waals surface area contributed by atoms with Gasteiger partial charge in [-0.15, -0.1) is 0 Å². The summed E-state index contributed by atoms with van der Waals surface area (Å²) in [6.07, 6.45) is 1.28. The van der Waals surface area contributed by atoms with Crippen LogP contribution >= 0.6 is 11.9 Å². The third-order valence-corrected chi connectivity index (χ3v) is 1.06. The Labute approximate surface area is 46.5 Å². The molecule has 0 aromatic rings. The zero-order valence-corrected chi connectivity index (χ0v) is 4.61. The molecule has 0 atom stereocenters. The summed E-state index contributed by atoms with van der Waals surface area (Å²) in [4.78, 5) is 0.583. The lowest BCUT2D eigenvalue weighted by molar-refractivity contribution is 0.339. The predicted octanol–water partition coefficient (Wildman–Crippen LogP) is -0.614. The van der Waals surface area contributed by atoms with Crippen molar-refractivity contribution in [2.45, 2.75) is 0 Å². The highest BCUT2D eigenvalue weighted by Crippen LogP contribution is 2.01. The van der Waals surface area contributed by atoms with E-state index in [1.54, 1.807) is 0 Å². The van der Waals surface area contributed by atoms with E-state index >= 15 is 0 Å². The van der Waals surface area contributed by atoms with E-state index in [-0.39, 0.29) is 6.61 Å². The maximum absolute atomic E-state index is 8.28. The van der Waals surface area contributed by atoms with Gasteiger partial charge in [-0.2, -0.15) is 0 Å². The van der Waals surface area contributed by atoms with Crippen LogP contribution in [0.3, 0.4) is 0 Å². The van der Waals surface area contributed by atoms with Gasteiger partial charge in [-0.1, -0.05) is 0 Å². The SMILES string of the molecule is N/C=C(/CO)SN. The zero-order valence-electron chi connectivity index (χ0n) is 3.79. The number of nitrogens with two attached hydrogens (primary N) is 2. The van der Waals surface area contributed by atoms with Crippen LogP contribution in [0.15, 0.2) is 11.1 Å². The van der Waals surface area contributed by atoms with E-state index in [1.807, 2.05) is 0 Å². The van der Waals surface area contributed by atoms with Crippen LogP contribution in [-0.2, 0) is 0 Å². The van der Waals surface area contributed by atoms with Crippen molar-refractivity contribution in [2.24, 2.45) is 10.9 Å². The normalized spacial score (nSPS) is 12.0. The molecule has 0 bridgehead atoms. The Morgan fingerprint density at radius 3 is 2.43 bits per heavy atom. The van der Waals surface area contributed by atoms with Crippen molar-refractivity contribution in [1.82, 2.24) is 0 Å². The summed E-state index contributed by atoms with van der Waals surface area (Å²) in [5.74, 6) is 0. The first-order chi connectivity index (χ1) is 3.35. The van der Waals surface area contributed by atoms with E-state index in [4.69, 9.17) is 16.0 Å². The van der Waals surface area contributed by atoms with Gasteiger partial charge in [0.05, 0.1) is 6.61 Å². The Hall–Kier alpha value is -0.190. The van der Waals surface area contributed by atoms with E-state index in [9.17, 15) is 0 Å². The third kappa shape index (κ3) is 2.50. The maximum atomic E-state index is 8.28. The number of hydrogen-bond acceptors (Lipinski definition) is 4. The summed E-state index contributed by atoms with van der Waals surface area (Å²) in [5.41, 5.74) is 4.97. The molecule has 4 heteroatoms. The lowest BCUT2D eigenvalue weighted by Gasteiger charge is -1.91. The summed E-state index contributed by atoms with van der Waals surface area (Å²) in [5, 5.41) is 13.3. The summed E-state index contributed by atoms with van der Waals surface area (Å²) in [6, 6.07) is 0. The van der Waals surface area contributed by atoms with Crippen LogP contribution in [0, 0.1) is 0 Å². The summed E-state index contributed by atoms with van der Waals surface area (Å²) < 4.78 is 0. The second-order valence-electron chi connectivity index (χ2n) is 0.909. The van der Waals surface area contributed by atoms with Crippen molar-refractivity contribution < 1.29 is 5.11 Å². The molecule has 5 N–H and O–H groups in total. The molecule has 7 heavy (non-hydrogen) atoms. The summed E-state index contributed by atoms with van der Waals surface area (Å²) in [7, 11) is 0. The van der Waals surface area contributed by atoms with Crippen LogP contribution < -0.4 is 10.9 Å². The smallest absolute Gasteiger partial charge is 0.0767 e. The molecule has 0 heterocycles. The van der Waals surface area contributed by atoms with Gasteiger partial charge < -0.3 is 10.8 Å². The monoisotopic (exact) mass is 120 g/mol. The van der Waals surface area contributed by atoms with Crippen LogP contribution in [-0.4, -0.2) is 11.7 Å². The molecule has 0 saturated carbocycles. The van der Waals surface area contributed by atoms with Crippen LogP contribution in [0.2, 0.25) is 0 Å². The molecule has 0 aliphatic rings. The Morgan fingerprint density at radius 2 is 2.43 bits per heavy atom. The predicted molar refractivity (Wildman–Crippen MR) is 31.1 cm³/mol. The number of aliphatic hydroxyl groups is 1. The van der Waals surface area contributed by atoms with Gasteiger partial charge in [0.1, 0.15) is 0 Å². The summed E-state index contributed by atoms with van der Waals surface area (Å²) >= 11 is 0.956. The van der Waals surface area contributed by atoms with Gasteiger partial charge >= 0.3 is 0 Å². The molecule has 0 spiro atoms. The van der Waals surface area contributed by atoms with Gasteiger partial charge in [-0.05, 0) is 11.9 Å². The molecule has 0 fully saturated rings. The van der Waals surface area contributed by atoms with Crippen molar-refractivity contribution in [3.63, 3.8) is 0 Å². The van der Waals surface area contributed by atoms with Crippen molar-refractivity contribution in [1.29, 1.82) is 0 Å². The zero-order chi connectivity index (χ0) is 5.70. The Balaban J connectivity index is 3.38. The topological polar surface area (TPSA) is 72.3 Å².